The summed E-state index contributed by atoms with van der Waals surface area (Å²) in [4.78, 5) is 14.4. The van der Waals surface area contributed by atoms with Crippen molar-refractivity contribution in [2.24, 2.45) is 11.3 Å². The number of nitrogens with one attached hydrogen (secondary N) is 1. The number of carbonyl (C=O) groups excluding carboxylic acids is 1. The first-order valence-corrected chi connectivity index (χ1v) is 6.74. The third-order valence-corrected chi connectivity index (χ3v) is 4.04. The molecule has 0 aliphatic carbocycles. The molecule has 3 unspecified atom stereocenters. The van der Waals surface area contributed by atoms with Crippen molar-refractivity contribution in [3.05, 3.63) is 0 Å². The van der Waals surface area contributed by atoms with Crippen molar-refractivity contribution >= 4 is 18.3 Å². The summed E-state index contributed by atoms with van der Waals surface area (Å²) in [6, 6.07) is 0.742. The molecule has 1 amide bonds. The van der Waals surface area contributed by atoms with Crippen LogP contribution in [0, 0.1) is 11.3 Å². The third kappa shape index (κ3) is 4.77. The van der Waals surface area contributed by atoms with Gasteiger partial charge in [-0.1, -0.05) is 27.7 Å². The van der Waals surface area contributed by atoms with E-state index in [1.165, 1.54) is 0 Å². The molecule has 0 aromatic carbocycles. The number of amides is 1. The topological polar surface area (TPSA) is 32.3 Å². The average Bonchev–Trinajstić information content (AvgIpc) is 2.20. The van der Waals surface area contributed by atoms with Gasteiger partial charge < -0.3 is 10.2 Å². The molecule has 1 heterocycles. The molecular formula is C14H29ClN2O. The fourth-order valence-corrected chi connectivity index (χ4v) is 2.05. The highest BCUT2D eigenvalue weighted by atomic mass is 35.5. The fourth-order valence-electron chi connectivity index (χ4n) is 2.05. The Morgan fingerprint density at radius 3 is 2.44 bits per heavy atom. The lowest BCUT2D eigenvalue weighted by atomic mass is 9.80. The van der Waals surface area contributed by atoms with Crippen LogP contribution in [0.2, 0.25) is 0 Å². The van der Waals surface area contributed by atoms with E-state index in [2.05, 4.69) is 46.9 Å². The molecule has 0 aromatic heterocycles. The molecule has 1 rings (SSSR count). The summed E-state index contributed by atoms with van der Waals surface area (Å²) in [6.07, 6.45) is 0.667. The van der Waals surface area contributed by atoms with Crippen molar-refractivity contribution in [2.45, 2.75) is 60.0 Å². The lowest BCUT2D eigenvalue weighted by Gasteiger charge is -2.39. The average molecular weight is 277 g/mol. The van der Waals surface area contributed by atoms with E-state index in [0.29, 0.717) is 30.3 Å². The molecule has 4 heteroatoms. The molecule has 0 radical (unpaired) electrons. The van der Waals surface area contributed by atoms with E-state index in [-0.39, 0.29) is 17.8 Å². The van der Waals surface area contributed by atoms with Crippen LogP contribution in [0.3, 0.4) is 0 Å². The largest absolute Gasteiger partial charge is 0.337 e. The van der Waals surface area contributed by atoms with Gasteiger partial charge in [-0.2, -0.15) is 0 Å². The minimum atomic E-state index is 0. The Morgan fingerprint density at radius 2 is 1.94 bits per heavy atom. The Balaban J connectivity index is 0.00000289. The summed E-state index contributed by atoms with van der Waals surface area (Å²) in [7, 11) is 0. The zero-order valence-electron chi connectivity index (χ0n) is 12.6. The van der Waals surface area contributed by atoms with Crippen LogP contribution in [0.25, 0.3) is 0 Å². The van der Waals surface area contributed by atoms with Gasteiger partial charge in [0.15, 0.2) is 0 Å². The minimum Gasteiger partial charge on any atom is -0.337 e. The molecule has 1 aliphatic heterocycles. The molecule has 0 spiro atoms. The van der Waals surface area contributed by atoms with Gasteiger partial charge in [0.25, 0.3) is 0 Å². The van der Waals surface area contributed by atoms with Crippen LogP contribution in [-0.4, -0.2) is 36.0 Å². The highest BCUT2D eigenvalue weighted by Crippen LogP contribution is 2.29. The molecule has 1 fully saturated rings. The Morgan fingerprint density at radius 1 is 1.39 bits per heavy atom. The van der Waals surface area contributed by atoms with Crippen LogP contribution < -0.4 is 5.32 Å². The molecule has 108 valence electrons. The van der Waals surface area contributed by atoms with Gasteiger partial charge in [0.05, 0.1) is 0 Å². The molecule has 0 saturated carbocycles. The van der Waals surface area contributed by atoms with Crippen LogP contribution >= 0.6 is 12.4 Å². The molecule has 1 saturated heterocycles. The quantitative estimate of drug-likeness (QED) is 0.841. The van der Waals surface area contributed by atoms with Crippen LogP contribution in [0.1, 0.15) is 48.0 Å². The minimum absolute atomic E-state index is 0. The second-order valence-corrected chi connectivity index (χ2v) is 6.68. The Bertz CT molecular complexity index is 275. The number of hydrogen-bond acceptors (Lipinski definition) is 2. The van der Waals surface area contributed by atoms with Gasteiger partial charge in [-0.15, -0.1) is 12.4 Å². The zero-order valence-corrected chi connectivity index (χ0v) is 13.4. The maximum Gasteiger partial charge on any atom is 0.223 e. The zero-order chi connectivity index (χ0) is 13.2. The van der Waals surface area contributed by atoms with Gasteiger partial charge >= 0.3 is 0 Å². The van der Waals surface area contributed by atoms with Crippen molar-refractivity contribution in [1.29, 1.82) is 0 Å². The van der Waals surface area contributed by atoms with Crippen LogP contribution in [0.15, 0.2) is 0 Å². The maximum absolute atomic E-state index is 12.3. The summed E-state index contributed by atoms with van der Waals surface area (Å²) < 4.78 is 0. The van der Waals surface area contributed by atoms with Gasteiger partial charge in [0.2, 0.25) is 5.91 Å². The first-order chi connectivity index (χ1) is 7.71. The molecule has 1 N–H and O–H groups in total. The van der Waals surface area contributed by atoms with Gasteiger partial charge in [-0.3, -0.25) is 4.79 Å². The standard InChI is InChI=1S/C14H28N2O.ClH/c1-10(14(4,5)6)7-13(17)16-9-11(2)15-8-12(16)3;/h10-12,15H,7-9H2,1-6H3;1H. The Hall–Kier alpha value is -0.280. The highest BCUT2D eigenvalue weighted by Gasteiger charge is 2.30. The van der Waals surface area contributed by atoms with Gasteiger partial charge in [0.1, 0.15) is 0 Å². The van der Waals surface area contributed by atoms with Gasteiger partial charge in [-0.05, 0) is 25.2 Å². The van der Waals surface area contributed by atoms with Crippen molar-refractivity contribution in [1.82, 2.24) is 10.2 Å². The van der Waals surface area contributed by atoms with Crippen molar-refractivity contribution in [3.63, 3.8) is 0 Å². The van der Waals surface area contributed by atoms with Crippen LogP contribution in [-0.2, 0) is 4.79 Å². The highest BCUT2D eigenvalue weighted by molar-refractivity contribution is 5.85. The van der Waals surface area contributed by atoms with E-state index in [9.17, 15) is 4.79 Å². The predicted octanol–water partition coefficient (Wildman–Crippen LogP) is 2.69. The first-order valence-electron chi connectivity index (χ1n) is 6.74. The number of carbonyl (C=O) groups is 1. The molecular weight excluding hydrogens is 248 g/mol. The van der Waals surface area contributed by atoms with E-state index in [0.717, 1.165) is 13.1 Å². The van der Waals surface area contributed by atoms with E-state index in [4.69, 9.17) is 0 Å². The first kappa shape index (κ1) is 17.7. The van der Waals surface area contributed by atoms with E-state index >= 15 is 0 Å². The van der Waals surface area contributed by atoms with E-state index in [1.807, 2.05) is 4.90 Å². The maximum atomic E-state index is 12.3. The smallest absolute Gasteiger partial charge is 0.223 e. The molecule has 0 bridgehead atoms. The van der Waals surface area contributed by atoms with Gasteiger partial charge in [0, 0.05) is 31.6 Å². The monoisotopic (exact) mass is 276 g/mol. The molecule has 3 nitrogen and oxygen atoms in total. The number of rotatable bonds is 2. The summed E-state index contributed by atoms with van der Waals surface area (Å²) in [5.41, 5.74) is 0.207. The SMILES string of the molecule is CC1CN(C(=O)CC(C)C(C)(C)C)C(C)CN1.Cl. The van der Waals surface area contributed by atoms with E-state index < -0.39 is 0 Å². The fraction of sp³-hybridized carbons (Fsp3) is 0.929. The van der Waals surface area contributed by atoms with Crippen molar-refractivity contribution in [3.8, 4) is 0 Å². The number of halogens is 1. The summed E-state index contributed by atoms with van der Waals surface area (Å²) in [6.45, 7) is 14.8. The summed E-state index contributed by atoms with van der Waals surface area (Å²) in [5, 5.41) is 3.41. The molecule has 18 heavy (non-hydrogen) atoms. The van der Waals surface area contributed by atoms with Crippen LogP contribution in [0.4, 0.5) is 0 Å². The normalized spacial score (nSPS) is 26.4. The summed E-state index contributed by atoms with van der Waals surface area (Å²) in [5.74, 6) is 0.737. The lowest BCUT2D eigenvalue weighted by molar-refractivity contribution is -0.136. The molecule has 1 aliphatic rings. The molecule has 0 aromatic rings. The number of piperazine rings is 1. The molecule has 3 atom stereocenters. The number of hydrogen-bond donors (Lipinski definition) is 1. The third-order valence-electron chi connectivity index (χ3n) is 4.04. The van der Waals surface area contributed by atoms with Crippen LogP contribution in [0.5, 0.6) is 0 Å². The predicted molar refractivity (Wildman–Crippen MR) is 79.1 cm³/mol. The summed E-state index contributed by atoms with van der Waals surface area (Å²) >= 11 is 0. The lowest BCUT2D eigenvalue weighted by Crippen LogP contribution is -2.56. The Labute approximate surface area is 118 Å². The second kappa shape index (κ2) is 6.76. The van der Waals surface area contributed by atoms with Crippen molar-refractivity contribution in [2.75, 3.05) is 13.1 Å². The second-order valence-electron chi connectivity index (χ2n) is 6.68. The van der Waals surface area contributed by atoms with Gasteiger partial charge in [-0.25, -0.2) is 0 Å². The van der Waals surface area contributed by atoms with Crippen molar-refractivity contribution < 1.29 is 4.79 Å². The van der Waals surface area contributed by atoms with E-state index in [1.54, 1.807) is 0 Å². The number of nitrogens with zero attached hydrogens (tertiary/aromatic N) is 1. The Kier molecular flexibility index (Phi) is 6.66.